The van der Waals surface area contributed by atoms with Crippen LogP contribution in [0.1, 0.15) is 61.7 Å². The number of likely N-dealkylation sites (N-methyl/N-ethyl adjacent to an activating group) is 1. The lowest BCUT2D eigenvalue weighted by Gasteiger charge is -2.29. The van der Waals surface area contributed by atoms with E-state index in [0.717, 1.165) is 10.8 Å². The number of fused-ring (bicyclic) bond motifs is 1. The first kappa shape index (κ1) is 32.3. The third-order valence-electron chi connectivity index (χ3n) is 8.25. The summed E-state index contributed by atoms with van der Waals surface area (Å²) in [6.45, 7) is 5.57. The van der Waals surface area contributed by atoms with Gasteiger partial charge in [-0.2, -0.15) is 0 Å². The lowest BCUT2D eigenvalue weighted by molar-refractivity contribution is 0.0595. The van der Waals surface area contributed by atoms with E-state index in [1.165, 1.54) is 11.8 Å². The minimum absolute atomic E-state index is 0.124. The van der Waals surface area contributed by atoms with E-state index in [4.69, 9.17) is 4.74 Å². The van der Waals surface area contributed by atoms with E-state index in [1.54, 1.807) is 48.2 Å². The molecule has 0 radical (unpaired) electrons. The standard InChI is InChI=1S/C36H38N4O6/c1-4-46-36(45)39(21-18-37-33(42)28-15-6-11-25-10-5-14-27(24(2)41)31(25)28)20-9-19-38(3)22-23-40-34(43)29-16-7-12-26-13-8-17-30(32(26)29)35(40)44/h5-8,10-17H,4,9,18-23H2,1-3H3,(H,37,42). The van der Waals surface area contributed by atoms with Crippen LogP contribution in [-0.4, -0.2) is 97.2 Å². The van der Waals surface area contributed by atoms with Gasteiger partial charge < -0.3 is 19.9 Å². The van der Waals surface area contributed by atoms with Crippen molar-refractivity contribution in [1.82, 2.24) is 20.0 Å². The molecule has 10 heteroatoms. The maximum absolute atomic E-state index is 13.2. The summed E-state index contributed by atoms with van der Waals surface area (Å²) < 4.78 is 5.25. The molecule has 4 aromatic carbocycles. The number of amides is 4. The lowest BCUT2D eigenvalue weighted by Crippen LogP contribution is -2.44. The smallest absolute Gasteiger partial charge is 0.409 e. The molecule has 0 spiro atoms. The van der Waals surface area contributed by atoms with Gasteiger partial charge in [0.1, 0.15) is 0 Å². The van der Waals surface area contributed by atoms with Gasteiger partial charge in [0, 0.05) is 65.8 Å². The van der Waals surface area contributed by atoms with Crippen LogP contribution in [0.3, 0.4) is 0 Å². The van der Waals surface area contributed by atoms with Gasteiger partial charge in [0.05, 0.1) is 6.61 Å². The fourth-order valence-corrected chi connectivity index (χ4v) is 5.93. The Morgan fingerprint density at radius 1 is 0.761 bits per heavy atom. The average Bonchev–Trinajstić information content (AvgIpc) is 3.05. The second kappa shape index (κ2) is 14.3. The Morgan fingerprint density at radius 3 is 1.96 bits per heavy atom. The number of ether oxygens (including phenoxy) is 1. The van der Waals surface area contributed by atoms with Gasteiger partial charge in [-0.25, -0.2) is 4.79 Å². The van der Waals surface area contributed by atoms with Gasteiger partial charge in [-0.15, -0.1) is 0 Å². The molecule has 0 atom stereocenters. The highest BCUT2D eigenvalue weighted by Gasteiger charge is 2.32. The second-order valence-corrected chi connectivity index (χ2v) is 11.3. The van der Waals surface area contributed by atoms with Crippen LogP contribution in [-0.2, 0) is 4.74 Å². The molecule has 1 N–H and O–H groups in total. The summed E-state index contributed by atoms with van der Waals surface area (Å²) in [6, 6.07) is 21.7. The van der Waals surface area contributed by atoms with Crippen molar-refractivity contribution in [2.45, 2.75) is 20.3 Å². The first-order valence-electron chi connectivity index (χ1n) is 15.5. The Labute approximate surface area is 267 Å². The number of nitrogens with zero attached hydrogens (tertiary/aromatic N) is 3. The molecule has 4 amide bonds. The van der Waals surface area contributed by atoms with Crippen molar-refractivity contribution in [2.24, 2.45) is 0 Å². The lowest BCUT2D eigenvalue weighted by atomic mass is 9.94. The van der Waals surface area contributed by atoms with Gasteiger partial charge in [-0.05, 0) is 62.8 Å². The highest BCUT2D eigenvalue weighted by Crippen LogP contribution is 2.30. The monoisotopic (exact) mass is 622 g/mol. The molecule has 4 aromatic rings. The fourth-order valence-electron chi connectivity index (χ4n) is 5.93. The maximum atomic E-state index is 13.2. The molecule has 0 saturated heterocycles. The van der Waals surface area contributed by atoms with Crippen LogP contribution in [0.25, 0.3) is 21.5 Å². The molecule has 5 rings (SSSR count). The molecular formula is C36H38N4O6. The van der Waals surface area contributed by atoms with Gasteiger partial charge in [0.2, 0.25) is 0 Å². The van der Waals surface area contributed by atoms with E-state index in [0.29, 0.717) is 59.1 Å². The van der Waals surface area contributed by atoms with Gasteiger partial charge >= 0.3 is 6.09 Å². The Kier molecular flexibility index (Phi) is 10.1. The van der Waals surface area contributed by atoms with Crippen molar-refractivity contribution in [3.05, 3.63) is 95.1 Å². The number of benzene rings is 4. The minimum Gasteiger partial charge on any atom is -0.450 e. The normalized spacial score (nSPS) is 12.6. The van der Waals surface area contributed by atoms with Crippen molar-refractivity contribution < 1.29 is 28.7 Å². The predicted molar refractivity (Wildman–Crippen MR) is 176 cm³/mol. The van der Waals surface area contributed by atoms with Crippen LogP contribution in [0, 0.1) is 0 Å². The van der Waals surface area contributed by atoms with Crippen LogP contribution in [0.5, 0.6) is 0 Å². The number of ketones is 1. The zero-order valence-electron chi connectivity index (χ0n) is 26.4. The Bertz CT molecular complexity index is 1760. The molecule has 0 fully saturated rings. The van der Waals surface area contributed by atoms with Crippen LogP contribution in [0.2, 0.25) is 0 Å². The summed E-state index contributed by atoms with van der Waals surface area (Å²) in [5.41, 5.74) is 1.95. The molecule has 46 heavy (non-hydrogen) atoms. The summed E-state index contributed by atoms with van der Waals surface area (Å²) in [5, 5.41) is 5.87. The zero-order chi connectivity index (χ0) is 32.8. The number of hydrogen-bond acceptors (Lipinski definition) is 7. The Balaban J connectivity index is 1.14. The summed E-state index contributed by atoms with van der Waals surface area (Å²) in [6.07, 6.45) is 0.138. The van der Waals surface area contributed by atoms with E-state index < -0.39 is 6.09 Å². The minimum atomic E-state index is -0.472. The number of Topliss-reactive ketones (excluding diaryl/α,β-unsaturated/α-hetero) is 1. The van der Waals surface area contributed by atoms with E-state index in [2.05, 4.69) is 5.32 Å². The summed E-state index contributed by atoms with van der Waals surface area (Å²) in [4.78, 5) is 69.4. The first-order valence-corrected chi connectivity index (χ1v) is 15.5. The van der Waals surface area contributed by atoms with E-state index >= 15 is 0 Å². The van der Waals surface area contributed by atoms with Crippen LogP contribution >= 0.6 is 0 Å². The highest BCUT2D eigenvalue weighted by atomic mass is 16.6. The largest absolute Gasteiger partial charge is 0.450 e. The van der Waals surface area contributed by atoms with Crippen molar-refractivity contribution in [2.75, 3.05) is 52.9 Å². The van der Waals surface area contributed by atoms with Crippen molar-refractivity contribution >= 4 is 51.1 Å². The molecule has 1 aliphatic rings. The third-order valence-corrected chi connectivity index (χ3v) is 8.25. The Morgan fingerprint density at radius 2 is 1.35 bits per heavy atom. The van der Waals surface area contributed by atoms with Crippen molar-refractivity contribution in [3.63, 3.8) is 0 Å². The van der Waals surface area contributed by atoms with Gasteiger partial charge in [-0.3, -0.25) is 24.1 Å². The molecule has 0 aliphatic carbocycles. The highest BCUT2D eigenvalue weighted by molar-refractivity contribution is 6.25. The number of rotatable bonds is 13. The predicted octanol–water partition coefficient (Wildman–Crippen LogP) is 5.00. The number of imide groups is 1. The molecule has 0 unspecified atom stereocenters. The number of hydrogen-bond donors (Lipinski definition) is 1. The molecule has 0 saturated carbocycles. The molecule has 1 heterocycles. The van der Waals surface area contributed by atoms with Crippen LogP contribution in [0.4, 0.5) is 4.79 Å². The van der Waals surface area contributed by atoms with Gasteiger partial charge in [0.25, 0.3) is 17.7 Å². The average molecular weight is 623 g/mol. The van der Waals surface area contributed by atoms with Crippen LogP contribution < -0.4 is 5.32 Å². The first-order chi connectivity index (χ1) is 22.2. The SMILES string of the molecule is CCOC(=O)N(CCCN(C)CCN1C(=O)c2cccc3cccc(c23)C1=O)CCNC(=O)c1cccc2cccc(C(C)=O)c12. The molecular weight excluding hydrogens is 584 g/mol. The topological polar surface area (TPSA) is 116 Å². The number of nitrogens with one attached hydrogen (secondary N) is 1. The number of carbonyl (C=O) groups is 5. The maximum Gasteiger partial charge on any atom is 0.409 e. The van der Waals surface area contributed by atoms with Gasteiger partial charge in [0.15, 0.2) is 5.78 Å². The van der Waals surface area contributed by atoms with Gasteiger partial charge in [-0.1, -0.05) is 54.6 Å². The molecule has 238 valence electrons. The molecule has 0 aromatic heterocycles. The summed E-state index contributed by atoms with van der Waals surface area (Å²) >= 11 is 0. The second-order valence-electron chi connectivity index (χ2n) is 11.3. The van der Waals surface area contributed by atoms with E-state index in [-0.39, 0.29) is 49.7 Å². The van der Waals surface area contributed by atoms with Crippen molar-refractivity contribution in [3.8, 4) is 0 Å². The fraction of sp³-hybridized carbons (Fsp3) is 0.306. The molecule has 0 bridgehead atoms. The van der Waals surface area contributed by atoms with E-state index in [1.807, 2.05) is 48.3 Å². The molecule has 1 aliphatic heterocycles. The van der Waals surface area contributed by atoms with Crippen LogP contribution in [0.15, 0.2) is 72.8 Å². The van der Waals surface area contributed by atoms with Crippen molar-refractivity contribution in [1.29, 1.82) is 0 Å². The quantitative estimate of drug-likeness (QED) is 0.165. The molecule has 10 nitrogen and oxygen atoms in total. The number of carbonyl (C=O) groups excluding carboxylic acids is 5. The summed E-state index contributed by atoms with van der Waals surface area (Å²) in [5.74, 6) is -1.04. The Hall–Kier alpha value is -5.09. The third kappa shape index (κ3) is 6.77. The van der Waals surface area contributed by atoms with E-state index in [9.17, 15) is 24.0 Å². The summed E-state index contributed by atoms with van der Waals surface area (Å²) in [7, 11) is 1.90. The zero-order valence-corrected chi connectivity index (χ0v) is 26.4.